The molecule has 2 atom stereocenters. The fourth-order valence-electron chi connectivity index (χ4n) is 3.81. The third kappa shape index (κ3) is 1.12. The first-order chi connectivity index (χ1) is 6.80. The third-order valence-electron chi connectivity index (χ3n) is 4.77. The van der Waals surface area contributed by atoms with Crippen LogP contribution in [-0.4, -0.2) is 12.5 Å². The van der Waals surface area contributed by atoms with Gasteiger partial charge in [-0.15, -0.1) is 0 Å². The van der Waals surface area contributed by atoms with Gasteiger partial charge >= 0.3 is 0 Å². The average molecular weight is 193 g/mol. The molecule has 0 aromatic heterocycles. The van der Waals surface area contributed by atoms with Gasteiger partial charge in [0.2, 0.25) is 5.91 Å². The molecule has 0 aromatic rings. The molecule has 2 aliphatic carbocycles. The van der Waals surface area contributed by atoms with Gasteiger partial charge < -0.3 is 5.32 Å². The molecule has 3 aliphatic rings. The smallest absolute Gasteiger partial charge is 0.223 e. The highest BCUT2D eigenvalue weighted by molar-refractivity contribution is 5.83. The minimum Gasteiger partial charge on any atom is -0.355 e. The van der Waals surface area contributed by atoms with Gasteiger partial charge in [0.05, 0.1) is 0 Å². The van der Waals surface area contributed by atoms with Gasteiger partial charge in [-0.3, -0.25) is 4.79 Å². The zero-order valence-electron chi connectivity index (χ0n) is 8.72. The van der Waals surface area contributed by atoms with Crippen LogP contribution in [0.25, 0.3) is 0 Å². The number of carbonyl (C=O) groups is 1. The largest absolute Gasteiger partial charge is 0.355 e. The van der Waals surface area contributed by atoms with Gasteiger partial charge in [-0.25, -0.2) is 0 Å². The Morgan fingerprint density at radius 1 is 1.29 bits per heavy atom. The molecule has 1 aliphatic heterocycles. The Kier molecular flexibility index (Phi) is 1.86. The standard InChI is InChI=1S/C12H19NO/c14-11-10-5-6-12(10,8-13-11)7-9-3-1-2-4-9/h9-10H,1-8H2,(H,13,14). The molecular weight excluding hydrogens is 174 g/mol. The Hall–Kier alpha value is -0.530. The molecule has 78 valence electrons. The van der Waals surface area contributed by atoms with Crippen molar-refractivity contribution >= 4 is 5.91 Å². The van der Waals surface area contributed by atoms with Crippen LogP contribution in [0.2, 0.25) is 0 Å². The van der Waals surface area contributed by atoms with Crippen LogP contribution >= 0.6 is 0 Å². The van der Waals surface area contributed by atoms with Crippen molar-refractivity contribution in [1.29, 1.82) is 0 Å². The highest BCUT2D eigenvalue weighted by Gasteiger charge is 2.55. The maximum atomic E-state index is 11.5. The van der Waals surface area contributed by atoms with Crippen LogP contribution in [0, 0.1) is 17.3 Å². The Morgan fingerprint density at radius 2 is 2.07 bits per heavy atom. The van der Waals surface area contributed by atoms with Crippen molar-refractivity contribution in [3.05, 3.63) is 0 Å². The van der Waals surface area contributed by atoms with Gasteiger partial charge in [0.1, 0.15) is 0 Å². The van der Waals surface area contributed by atoms with Crippen molar-refractivity contribution in [2.75, 3.05) is 6.54 Å². The summed E-state index contributed by atoms with van der Waals surface area (Å²) < 4.78 is 0. The summed E-state index contributed by atoms with van der Waals surface area (Å²) in [6.45, 7) is 0.979. The topological polar surface area (TPSA) is 29.1 Å². The Labute approximate surface area is 85.4 Å². The molecule has 0 radical (unpaired) electrons. The zero-order valence-corrected chi connectivity index (χ0v) is 8.72. The monoisotopic (exact) mass is 193 g/mol. The molecule has 0 spiro atoms. The lowest BCUT2D eigenvalue weighted by Crippen LogP contribution is -2.41. The van der Waals surface area contributed by atoms with Crippen LogP contribution in [0.3, 0.4) is 0 Å². The molecule has 1 N–H and O–H groups in total. The molecule has 2 saturated carbocycles. The van der Waals surface area contributed by atoms with Crippen LogP contribution in [0.5, 0.6) is 0 Å². The highest BCUT2D eigenvalue weighted by atomic mass is 16.2. The molecule has 1 heterocycles. The van der Waals surface area contributed by atoms with Gasteiger partial charge in [0.15, 0.2) is 0 Å². The van der Waals surface area contributed by atoms with E-state index < -0.39 is 0 Å². The zero-order chi connectivity index (χ0) is 9.60. The van der Waals surface area contributed by atoms with Crippen LogP contribution in [-0.2, 0) is 4.79 Å². The van der Waals surface area contributed by atoms with E-state index in [0.717, 1.165) is 18.9 Å². The van der Waals surface area contributed by atoms with E-state index in [4.69, 9.17) is 0 Å². The second-order valence-electron chi connectivity index (χ2n) is 5.53. The van der Waals surface area contributed by atoms with E-state index >= 15 is 0 Å². The molecule has 1 saturated heterocycles. The first kappa shape index (κ1) is 8.75. The van der Waals surface area contributed by atoms with Crippen molar-refractivity contribution < 1.29 is 4.79 Å². The van der Waals surface area contributed by atoms with Gasteiger partial charge in [0.25, 0.3) is 0 Å². The summed E-state index contributed by atoms with van der Waals surface area (Å²) in [4.78, 5) is 11.5. The average Bonchev–Trinajstić information content (AvgIpc) is 2.68. The second-order valence-corrected chi connectivity index (χ2v) is 5.53. The summed E-state index contributed by atoms with van der Waals surface area (Å²) in [5, 5.41) is 3.06. The number of hydrogen-bond acceptors (Lipinski definition) is 1. The van der Waals surface area contributed by atoms with Crippen molar-refractivity contribution in [3.8, 4) is 0 Å². The van der Waals surface area contributed by atoms with E-state index in [0.29, 0.717) is 17.2 Å². The molecule has 3 rings (SSSR count). The summed E-state index contributed by atoms with van der Waals surface area (Å²) in [6, 6.07) is 0. The molecule has 14 heavy (non-hydrogen) atoms. The number of fused-ring (bicyclic) bond motifs is 1. The van der Waals surface area contributed by atoms with E-state index in [9.17, 15) is 4.79 Å². The van der Waals surface area contributed by atoms with E-state index in [1.165, 1.54) is 38.5 Å². The third-order valence-corrected chi connectivity index (χ3v) is 4.77. The Bertz CT molecular complexity index is 257. The first-order valence-electron chi connectivity index (χ1n) is 6.08. The van der Waals surface area contributed by atoms with E-state index in [1.54, 1.807) is 0 Å². The summed E-state index contributed by atoms with van der Waals surface area (Å²) in [5.41, 5.74) is 0.409. The second kappa shape index (κ2) is 2.98. The summed E-state index contributed by atoms with van der Waals surface area (Å²) >= 11 is 0. The van der Waals surface area contributed by atoms with Crippen LogP contribution in [0.4, 0.5) is 0 Å². The first-order valence-corrected chi connectivity index (χ1v) is 6.08. The maximum absolute atomic E-state index is 11.5. The van der Waals surface area contributed by atoms with Crippen molar-refractivity contribution in [2.24, 2.45) is 17.3 Å². The normalized spacial score (nSPS) is 42.0. The number of carbonyl (C=O) groups excluding carboxylic acids is 1. The van der Waals surface area contributed by atoms with Crippen molar-refractivity contribution in [1.82, 2.24) is 5.32 Å². The fraction of sp³-hybridized carbons (Fsp3) is 0.917. The lowest BCUT2D eigenvalue weighted by atomic mass is 9.58. The van der Waals surface area contributed by atoms with Gasteiger partial charge in [-0.05, 0) is 30.6 Å². The molecule has 3 fully saturated rings. The molecule has 2 nitrogen and oxygen atoms in total. The lowest BCUT2D eigenvalue weighted by Gasteiger charge is -2.44. The molecule has 0 bridgehead atoms. The number of nitrogens with one attached hydrogen (secondary N) is 1. The predicted octanol–water partition coefficient (Wildman–Crippen LogP) is 2.09. The minimum atomic E-state index is 0.342. The summed E-state index contributed by atoms with van der Waals surface area (Å²) in [6.07, 6.45) is 9.47. The van der Waals surface area contributed by atoms with Crippen molar-refractivity contribution in [3.63, 3.8) is 0 Å². The molecular formula is C12H19NO. The summed E-state index contributed by atoms with van der Waals surface area (Å²) in [7, 11) is 0. The minimum absolute atomic E-state index is 0.342. The van der Waals surface area contributed by atoms with Gasteiger partial charge in [-0.2, -0.15) is 0 Å². The highest BCUT2D eigenvalue weighted by Crippen LogP contribution is 2.54. The number of amides is 1. The van der Waals surface area contributed by atoms with Crippen LogP contribution in [0.15, 0.2) is 0 Å². The maximum Gasteiger partial charge on any atom is 0.223 e. The molecule has 2 heteroatoms. The Morgan fingerprint density at radius 3 is 2.64 bits per heavy atom. The fourth-order valence-corrected chi connectivity index (χ4v) is 3.81. The number of hydrogen-bond donors (Lipinski definition) is 1. The molecule has 0 aromatic carbocycles. The Balaban J connectivity index is 1.68. The lowest BCUT2D eigenvalue weighted by molar-refractivity contribution is -0.128. The predicted molar refractivity (Wildman–Crippen MR) is 54.7 cm³/mol. The van der Waals surface area contributed by atoms with E-state index in [-0.39, 0.29) is 0 Å². The summed E-state index contributed by atoms with van der Waals surface area (Å²) in [5.74, 6) is 1.67. The van der Waals surface area contributed by atoms with Crippen molar-refractivity contribution in [2.45, 2.75) is 44.9 Å². The van der Waals surface area contributed by atoms with Crippen LogP contribution < -0.4 is 5.32 Å². The van der Waals surface area contributed by atoms with E-state index in [2.05, 4.69) is 5.32 Å². The quantitative estimate of drug-likeness (QED) is 0.715. The number of rotatable bonds is 2. The molecule has 2 unspecified atom stereocenters. The SMILES string of the molecule is O=C1NCC2(CC3CCCC3)CCC12. The van der Waals surface area contributed by atoms with Gasteiger partial charge in [-0.1, -0.05) is 25.7 Å². The van der Waals surface area contributed by atoms with E-state index in [1.807, 2.05) is 0 Å². The van der Waals surface area contributed by atoms with Gasteiger partial charge in [0, 0.05) is 12.5 Å². The van der Waals surface area contributed by atoms with Crippen LogP contribution in [0.1, 0.15) is 44.9 Å². The molecule has 1 amide bonds.